The highest BCUT2D eigenvalue weighted by atomic mass is 35.5. The van der Waals surface area contributed by atoms with Gasteiger partial charge in [-0.1, -0.05) is 23.2 Å². The molecule has 1 unspecified atom stereocenters. The van der Waals surface area contributed by atoms with Gasteiger partial charge in [-0.3, -0.25) is 10.1 Å². The molecule has 0 amide bonds. The number of nitrogens with zero attached hydrogens (tertiary/aromatic N) is 1. The van der Waals surface area contributed by atoms with Crippen molar-refractivity contribution in [2.75, 3.05) is 13.2 Å². The van der Waals surface area contributed by atoms with Crippen LogP contribution in [-0.2, 0) is 0 Å². The van der Waals surface area contributed by atoms with E-state index in [1.54, 1.807) is 0 Å². The smallest absolute Gasteiger partial charge is 0.272 e. The van der Waals surface area contributed by atoms with Crippen LogP contribution in [0.2, 0.25) is 10.0 Å². The second kappa shape index (κ2) is 6.02. The van der Waals surface area contributed by atoms with Crippen molar-refractivity contribution >= 4 is 28.9 Å². The van der Waals surface area contributed by atoms with Crippen LogP contribution in [0.1, 0.15) is 0 Å². The molecule has 0 saturated heterocycles. The highest BCUT2D eigenvalue weighted by Gasteiger charge is 2.16. The number of rotatable bonds is 5. The monoisotopic (exact) mass is 281 g/mol. The molecule has 1 aromatic carbocycles. The van der Waals surface area contributed by atoms with Gasteiger partial charge in [0.25, 0.3) is 5.69 Å². The number of halogens is 2. The van der Waals surface area contributed by atoms with Gasteiger partial charge in [0, 0.05) is 12.1 Å². The van der Waals surface area contributed by atoms with E-state index < -0.39 is 17.6 Å². The molecule has 17 heavy (non-hydrogen) atoms. The summed E-state index contributed by atoms with van der Waals surface area (Å²) in [5, 5.41) is 28.1. The van der Waals surface area contributed by atoms with Gasteiger partial charge < -0.3 is 14.9 Å². The average molecular weight is 282 g/mol. The first-order valence-corrected chi connectivity index (χ1v) is 5.26. The van der Waals surface area contributed by atoms with Crippen molar-refractivity contribution < 1.29 is 19.9 Å². The van der Waals surface area contributed by atoms with Gasteiger partial charge in [-0.05, 0) is 0 Å². The second-order valence-electron chi connectivity index (χ2n) is 3.14. The Morgan fingerprint density at radius 3 is 2.35 bits per heavy atom. The van der Waals surface area contributed by atoms with E-state index in [0.29, 0.717) is 0 Å². The van der Waals surface area contributed by atoms with E-state index in [1.807, 2.05) is 0 Å². The number of aliphatic hydroxyl groups is 2. The topological polar surface area (TPSA) is 92.8 Å². The van der Waals surface area contributed by atoms with Gasteiger partial charge >= 0.3 is 0 Å². The van der Waals surface area contributed by atoms with Crippen molar-refractivity contribution in [3.8, 4) is 5.75 Å². The lowest BCUT2D eigenvalue weighted by molar-refractivity contribution is -0.384. The van der Waals surface area contributed by atoms with E-state index in [0.717, 1.165) is 12.1 Å². The zero-order chi connectivity index (χ0) is 13.0. The molecule has 0 heterocycles. The maximum Gasteiger partial charge on any atom is 0.272 e. The molecule has 2 N–H and O–H groups in total. The van der Waals surface area contributed by atoms with Crippen LogP contribution in [0.15, 0.2) is 12.1 Å². The van der Waals surface area contributed by atoms with Crippen molar-refractivity contribution in [2.45, 2.75) is 6.10 Å². The van der Waals surface area contributed by atoms with Crippen LogP contribution in [0.5, 0.6) is 5.75 Å². The molecule has 0 radical (unpaired) electrons. The highest BCUT2D eigenvalue weighted by Crippen LogP contribution is 2.36. The molecule has 8 heteroatoms. The average Bonchev–Trinajstić information content (AvgIpc) is 2.27. The van der Waals surface area contributed by atoms with E-state index in [1.165, 1.54) is 0 Å². The number of benzene rings is 1. The molecule has 0 aromatic heterocycles. The summed E-state index contributed by atoms with van der Waals surface area (Å²) in [7, 11) is 0. The van der Waals surface area contributed by atoms with Gasteiger partial charge in [0.2, 0.25) is 0 Å². The third-order valence-corrected chi connectivity index (χ3v) is 2.39. The summed E-state index contributed by atoms with van der Waals surface area (Å²) in [6.07, 6.45) is -1.07. The Bertz CT molecular complexity index is 403. The van der Waals surface area contributed by atoms with Crippen LogP contribution in [0.25, 0.3) is 0 Å². The molecule has 1 atom stereocenters. The van der Waals surface area contributed by atoms with Gasteiger partial charge in [-0.15, -0.1) is 0 Å². The minimum atomic E-state index is -1.07. The molecule has 0 aliphatic rings. The largest absolute Gasteiger partial charge is 0.488 e. The molecule has 1 rings (SSSR count). The minimum absolute atomic E-state index is 0.0330. The first-order valence-electron chi connectivity index (χ1n) is 4.51. The Hall–Kier alpha value is -1.08. The van der Waals surface area contributed by atoms with Gasteiger partial charge in [-0.2, -0.15) is 0 Å². The summed E-state index contributed by atoms with van der Waals surface area (Å²) in [6.45, 7) is -0.685. The summed E-state index contributed by atoms with van der Waals surface area (Å²) < 4.78 is 5.06. The molecule has 94 valence electrons. The third kappa shape index (κ3) is 3.71. The van der Waals surface area contributed by atoms with E-state index in [2.05, 4.69) is 0 Å². The Morgan fingerprint density at radius 1 is 1.41 bits per heavy atom. The standard InChI is InChI=1S/C9H9Cl2NO5/c10-7-1-5(12(15)16)2-8(11)9(7)17-4-6(14)3-13/h1-2,6,13-14H,3-4H2. The number of non-ortho nitro benzene ring substituents is 1. The van der Waals surface area contributed by atoms with Gasteiger partial charge in [-0.25, -0.2) is 0 Å². The molecule has 0 aliphatic carbocycles. The lowest BCUT2D eigenvalue weighted by atomic mass is 10.3. The summed E-state index contributed by atoms with van der Waals surface area (Å²) in [5.74, 6) is 0.0337. The summed E-state index contributed by atoms with van der Waals surface area (Å²) in [6, 6.07) is 2.18. The van der Waals surface area contributed by atoms with Crippen LogP contribution in [0.4, 0.5) is 5.69 Å². The summed E-state index contributed by atoms with van der Waals surface area (Å²) in [5.41, 5.74) is -0.255. The zero-order valence-electron chi connectivity index (χ0n) is 8.47. The summed E-state index contributed by atoms with van der Waals surface area (Å²) >= 11 is 11.5. The van der Waals surface area contributed by atoms with Gasteiger partial charge in [0.15, 0.2) is 5.75 Å². The SMILES string of the molecule is O=[N+]([O-])c1cc(Cl)c(OCC(O)CO)c(Cl)c1. The summed E-state index contributed by atoms with van der Waals surface area (Å²) in [4.78, 5) is 9.87. The van der Waals surface area contributed by atoms with Crippen molar-refractivity contribution in [2.24, 2.45) is 0 Å². The van der Waals surface area contributed by atoms with Crippen LogP contribution in [0.3, 0.4) is 0 Å². The van der Waals surface area contributed by atoms with Gasteiger partial charge in [0.05, 0.1) is 21.6 Å². The third-order valence-electron chi connectivity index (χ3n) is 1.82. The molecule has 0 fully saturated rings. The van der Waals surface area contributed by atoms with E-state index in [-0.39, 0.29) is 28.1 Å². The number of hydrogen-bond acceptors (Lipinski definition) is 5. The normalized spacial score (nSPS) is 12.2. The molecule has 0 aliphatic heterocycles. The number of nitro benzene ring substituents is 1. The van der Waals surface area contributed by atoms with Crippen molar-refractivity contribution in [3.63, 3.8) is 0 Å². The number of hydrogen-bond donors (Lipinski definition) is 2. The molecular formula is C9H9Cl2NO5. The second-order valence-corrected chi connectivity index (χ2v) is 3.96. The fraction of sp³-hybridized carbons (Fsp3) is 0.333. The van der Waals surface area contributed by atoms with E-state index >= 15 is 0 Å². The zero-order valence-corrected chi connectivity index (χ0v) is 9.98. The molecule has 0 bridgehead atoms. The predicted octanol–water partition coefficient (Wildman–Crippen LogP) is 1.63. The fourth-order valence-electron chi connectivity index (χ4n) is 1.02. The fourth-order valence-corrected chi connectivity index (χ4v) is 1.61. The Balaban J connectivity index is 2.90. The molecule has 0 saturated carbocycles. The molecule has 1 aromatic rings. The van der Waals surface area contributed by atoms with E-state index in [4.69, 9.17) is 38.2 Å². The van der Waals surface area contributed by atoms with Gasteiger partial charge in [0.1, 0.15) is 12.7 Å². The Morgan fingerprint density at radius 2 is 1.94 bits per heavy atom. The number of aliphatic hydroxyl groups excluding tert-OH is 2. The molecule has 0 spiro atoms. The van der Waals surface area contributed by atoms with Crippen molar-refractivity contribution in [3.05, 3.63) is 32.3 Å². The van der Waals surface area contributed by atoms with E-state index in [9.17, 15) is 10.1 Å². The Kier molecular flexibility index (Phi) is 4.95. The minimum Gasteiger partial charge on any atom is -0.488 e. The van der Waals surface area contributed by atoms with Crippen LogP contribution in [0, 0.1) is 10.1 Å². The van der Waals surface area contributed by atoms with Crippen molar-refractivity contribution in [1.29, 1.82) is 0 Å². The van der Waals surface area contributed by atoms with Crippen LogP contribution in [-0.4, -0.2) is 34.5 Å². The van der Waals surface area contributed by atoms with Crippen LogP contribution < -0.4 is 4.74 Å². The predicted molar refractivity (Wildman–Crippen MR) is 61.7 cm³/mol. The maximum absolute atomic E-state index is 10.5. The van der Waals surface area contributed by atoms with Crippen molar-refractivity contribution in [1.82, 2.24) is 0 Å². The first-order chi connectivity index (χ1) is 7.95. The number of nitro groups is 1. The van der Waals surface area contributed by atoms with Crippen LogP contribution >= 0.6 is 23.2 Å². The lowest BCUT2D eigenvalue weighted by Crippen LogP contribution is -2.21. The molecular weight excluding hydrogens is 273 g/mol. The maximum atomic E-state index is 10.5. The molecule has 6 nitrogen and oxygen atoms in total. The highest BCUT2D eigenvalue weighted by molar-refractivity contribution is 6.37. The Labute approximate surface area is 106 Å². The lowest BCUT2D eigenvalue weighted by Gasteiger charge is -2.12. The quantitative estimate of drug-likeness (QED) is 0.632. The first kappa shape index (κ1) is 14.0. The number of ether oxygens (including phenoxy) is 1.